The van der Waals surface area contributed by atoms with Crippen molar-refractivity contribution in [3.63, 3.8) is 0 Å². The minimum atomic E-state index is -1.01. The van der Waals surface area contributed by atoms with Crippen LogP contribution in [0.15, 0.2) is 0 Å². The number of carboxylic acid groups (broad SMARTS) is 1. The van der Waals surface area contributed by atoms with Crippen molar-refractivity contribution >= 4 is 5.97 Å². The third-order valence-corrected chi connectivity index (χ3v) is 4.70. The Morgan fingerprint density at radius 3 is 2.50 bits per heavy atom. The maximum atomic E-state index is 11.7. The Kier molecular flexibility index (Phi) is 4.73. The fourth-order valence-corrected chi connectivity index (χ4v) is 3.26. The van der Waals surface area contributed by atoms with Crippen LogP contribution in [0.5, 0.6) is 0 Å². The van der Waals surface area contributed by atoms with E-state index in [1.165, 1.54) is 32.1 Å². The first-order valence-electron chi connectivity index (χ1n) is 7.65. The van der Waals surface area contributed by atoms with Crippen LogP contribution in [0.3, 0.4) is 0 Å². The second kappa shape index (κ2) is 6.33. The van der Waals surface area contributed by atoms with Crippen molar-refractivity contribution in [2.45, 2.75) is 70.8 Å². The van der Waals surface area contributed by atoms with Gasteiger partial charge in [0.15, 0.2) is 11.4 Å². The lowest BCUT2D eigenvalue weighted by atomic mass is 9.86. The number of nitrogens with zero attached hydrogens (tertiary/aromatic N) is 4. The van der Waals surface area contributed by atoms with Gasteiger partial charge in [-0.1, -0.05) is 46.0 Å². The molecule has 0 atom stereocenters. The summed E-state index contributed by atoms with van der Waals surface area (Å²) < 4.78 is 1.56. The molecule has 112 valence electrons. The summed E-state index contributed by atoms with van der Waals surface area (Å²) in [6.45, 7) is 3.76. The van der Waals surface area contributed by atoms with Crippen LogP contribution in [0, 0.1) is 5.92 Å². The van der Waals surface area contributed by atoms with E-state index in [0.717, 1.165) is 12.2 Å². The minimum Gasteiger partial charge on any atom is -0.479 e. The van der Waals surface area contributed by atoms with Crippen LogP contribution in [0.2, 0.25) is 0 Å². The van der Waals surface area contributed by atoms with Crippen molar-refractivity contribution in [1.82, 2.24) is 20.2 Å². The molecule has 0 unspecified atom stereocenters. The van der Waals surface area contributed by atoms with Crippen LogP contribution in [-0.4, -0.2) is 31.3 Å². The van der Waals surface area contributed by atoms with E-state index in [1.807, 2.05) is 13.8 Å². The highest BCUT2D eigenvalue weighted by Gasteiger charge is 2.40. The second-order valence-electron chi connectivity index (χ2n) is 5.76. The molecular formula is C14H24N4O2. The number of hydrogen-bond acceptors (Lipinski definition) is 4. The molecule has 0 saturated heterocycles. The van der Waals surface area contributed by atoms with Crippen LogP contribution < -0.4 is 0 Å². The number of hydrogen-bond donors (Lipinski definition) is 1. The first-order valence-corrected chi connectivity index (χ1v) is 7.65. The van der Waals surface area contributed by atoms with Crippen molar-refractivity contribution in [1.29, 1.82) is 0 Å². The van der Waals surface area contributed by atoms with Crippen molar-refractivity contribution in [3.8, 4) is 0 Å². The van der Waals surface area contributed by atoms with E-state index in [2.05, 4.69) is 15.5 Å². The summed E-state index contributed by atoms with van der Waals surface area (Å²) in [7, 11) is 0. The molecule has 1 aliphatic rings. The summed E-state index contributed by atoms with van der Waals surface area (Å²) in [5, 5.41) is 21.4. The fraction of sp³-hybridized carbons (Fsp3) is 0.857. The predicted octanol–water partition coefficient (Wildman–Crippen LogP) is 2.40. The van der Waals surface area contributed by atoms with Crippen molar-refractivity contribution in [3.05, 3.63) is 5.82 Å². The first-order chi connectivity index (χ1) is 9.64. The number of rotatable bonds is 6. The number of carboxylic acids is 1. The second-order valence-corrected chi connectivity index (χ2v) is 5.76. The van der Waals surface area contributed by atoms with Gasteiger partial charge in [-0.05, 0) is 29.2 Å². The van der Waals surface area contributed by atoms with Gasteiger partial charge in [-0.2, -0.15) is 0 Å². The Bertz CT molecular complexity index is 448. The van der Waals surface area contributed by atoms with E-state index >= 15 is 0 Å². The third kappa shape index (κ3) is 2.69. The Morgan fingerprint density at radius 2 is 1.95 bits per heavy atom. The van der Waals surface area contributed by atoms with Crippen molar-refractivity contribution < 1.29 is 9.90 Å². The van der Waals surface area contributed by atoms with E-state index < -0.39 is 11.5 Å². The lowest BCUT2D eigenvalue weighted by Gasteiger charge is -2.28. The molecule has 1 N–H and O–H groups in total. The zero-order valence-corrected chi connectivity index (χ0v) is 12.4. The lowest BCUT2D eigenvalue weighted by Crippen LogP contribution is -2.43. The van der Waals surface area contributed by atoms with Crippen LogP contribution in [0.1, 0.15) is 64.6 Å². The maximum absolute atomic E-state index is 11.7. The third-order valence-electron chi connectivity index (χ3n) is 4.70. The van der Waals surface area contributed by atoms with Crippen molar-refractivity contribution in [2.24, 2.45) is 5.92 Å². The van der Waals surface area contributed by atoms with Gasteiger partial charge in [0.05, 0.1) is 0 Å². The van der Waals surface area contributed by atoms with E-state index in [0.29, 0.717) is 18.8 Å². The van der Waals surface area contributed by atoms with Gasteiger partial charge in [0, 0.05) is 6.42 Å². The Labute approximate surface area is 119 Å². The summed E-state index contributed by atoms with van der Waals surface area (Å²) in [6, 6.07) is 0. The minimum absolute atomic E-state index is 0.488. The van der Waals surface area contributed by atoms with E-state index in [9.17, 15) is 9.90 Å². The Hall–Kier alpha value is -1.46. The summed E-state index contributed by atoms with van der Waals surface area (Å²) in [5.41, 5.74) is -1.01. The highest BCUT2D eigenvalue weighted by molar-refractivity contribution is 5.76. The molecule has 6 heteroatoms. The molecule has 6 nitrogen and oxygen atoms in total. The predicted molar refractivity (Wildman–Crippen MR) is 74.3 cm³/mol. The molecular weight excluding hydrogens is 256 g/mol. The van der Waals surface area contributed by atoms with Gasteiger partial charge < -0.3 is 5.11 Å². The summed E-state index contributed by atoms with van der Waals surface area (Å²) in [5.74, 6) is 0.469. The monoisotopic (exact) mass is 280 g/mol. The molecule has 0 bridgehead atoms. The summed E-state index contributed by atoms with van der Waals surface area (Å²) in [6.07, 6.45) is 8.00. The van der Waals surface area contributed by atoms with Crippen molar-refractivity contribution in [2.75, 3.05) is 0 Å². The smallest absolute Gasteiger partial charge is 0.331 e. The van der Waals surface area contributed by atoms with E-state index in [-0.39, 0.29) is 0 Å². The number of aliphatic carboxylic acids is 1. The molecule has 2 rings (SSSR count). The highest BCUT2D eigenvalue weighted by Crippen LogP contribution is 2.30. The fourth-order valence-electron chi connectivity index (χ4n) is 3.26. The molecule has 0 radical (unpaired) electrons. The normalized spacial score (nSPS) is 17.3. The van der Waals surface area contributed by atoms with E-state index in [1.54, 1.807) is 4.68 Å². The Morgan fingerprint density at radius 1 is 1.30 bits per heavy atom. The first kappa shape index (κ1) is 14.9. The quantitative estimate of drug-likeness (QED) is 0.865. The van der Waals surface area contributed by atoms with Gasteiger partial charge in [-0.25, -0.2) is 9.48 Å². The molecule has 0 spiro atoms. The van der Waals surface area contributed by atoms with Crippen LogP contribution in [-0.2, 0) is 16.8 Å². The maximum Gasteiger partial charge on any atom is 0.331 e. The standard InChI is InChI=1S/C14H24N4O2/c1-3-14(4-2,13(19)20)18-12(15-16-17-18)10-11-8-6-5-7-9-11/h11H,3-10H2,1-2H3,(H,19,20). The molecule has 1 aromatic heterocycles. The zero-order valence-electron chi connectivity index (χ0n) is 12.4. The van der Waals surface area contributed by atoms with Gasteiger partial charge in [0.2, 0.25) is 0 Å². The highest BCUT2D eigenvalue weighted by atomic mass is 16.4. The molecule has 0 aromatic carbocycles. The molecule has 20 heavy (non-hydrogen) atoms. The SMILES string of the molecule is CCC(CC)(C(=O)O)n1nnnc1CC1CCCCC1. The number of aromatic nitrogens is 4. The lowest BCUT2D eigenvalue weighted by molar-refractivity contribution is -0.149. The average molecular weight is 280 g/mol. The zero-order chi connectivity index (χ0) is 14.6. The Balaban J connectivity index is 2.24. The topological polar surface area (TPSA) is 80.9 Å². The molecule has 1 fully saturated rings. The average Bonchev–Trinajstić information content (AvgIpc) is 2.90. The van der Waals surface area contributed by atoms with Crippen LogP contribution in [0.25, 0.3) is 0 Å². The van der Waals surface area contributed by atoms with Crippen LogP contribution in [0.4, 0.5) is 0 Å². The van der Waals surface area contributed by atoms with E-state index in [4.69, 9.17) is 0 Å². The van der Waals surface area contributed by atoms with Gasteiger partial charge in [-0.15, -0.1) is 5.10 Å². The largest absolute Gasteiger partial charge is 0.479 e. The molecule has 1 aliphatic carbocycles. The van der Waals surface area contributed by atoms with Gasteiger partial charge in [0.1, 0.15) is 0 Å². The molecule has 1 saturated carbocycles. The van der Waals surface area contributed by atoms with Gasteiger partial charge in [-0.3, -0.25) is 0 Å². The molecule has 0 amide bonds. The molecule has 1 aromatic rings. The van der Waals surface area contributed by atoms with Crippen LogP contribution >= 0.6 is 0 Å². The number of carbonyl (C=O) groups is 1. The number of tetrazole rings is 1. The molecule has 1 heterocycles. The summed E-state index contributed by atoms with van der Waals surface area (Å²) >= 11 is 0. The van der Waals surface area contributed by atoms with Gasteiger partial charge in [0.25, 0.3) is 0 Å². The molecule has 0 aliphatic heterocycles. The summed E-state index contributed by atoms with van der Waals surface area (Å²) in [4.78, 5) is 11.7. The van der Waals surface area contributed by atoms with Gasteiger partial charge >= 0.3 is 5.97 Å².